The van der Waals surface area contributed by atoms with Crippen molar-refractivity contribution >= 4 is 21.6 Å². The van der Waals surface area contributed by atoms with Crippen molar-refractivity contribution in [2.24, 2.45) is 5.92 Å². The van der Waals surface area contributed by atoms with Gasteiger partial charge in [-0.05, 0) is 42.9 Å². The van der Waals surface area contributed by atoms with E-state index in [9.17, 15) is 4.79 Å². The summed E-state index contributed by atoms with van der Waals surface area (Å²) in [5.74, 6) is 1.24. The van der Waals surface area contributed by atoms with E-state index in [-0.39, 0.29) is 5.56 Å². The van der Waals surface area contributed by atoms with Gasteiger partial charge in [0.1, 0.15) is 10.5 Å². The molecule has 0 amide bonds. The van der Waals surface area contributed by atoms with E-state index < -0.39 is 0 Å². The Kier molecular flexibility index (Phi) is 3.30. The topological polar surface area (TPSA) is 58.6 Å². The van der Waals surface area contributed by atoms with Crippen LogP contribution in [-0.2, 0) is 12.8 Å². The van der Waals surface area contributed by atoms with E-state index in [0.29, 0.717) is 17.4 Å². The first-order valence-electron chi connectivity index (χ1n) is 7.68. The van der Waals surface area contributed by atoms with E-state index >= 15 is 0 Å². The second kappa shape index (κ2) is 5.32. The van der Waals surface area contributed by atoms with Crippen LogP contribution in [0, 0.1) is 5.92 Å². The summed E-state index contributed by atoms with van der Waals surface area (Å²) in [5, 5.41) is 0.800. The Morgan fingerprint density at radius 2 is 2.27 bits per heavy atom. The molecule has 0 saturated heterocycles. The summed E-state index contributed by atoms with van der Waals surface area (Å²) in [4.78, 5) is 26.6. The maximum Gasteiger partial charge on any atom is 0.260 e. The third-order valence-electron chi connectivity index (χ3n) is 4.31. The van der Waals surface area contributed by atoms with Crippen LogP contribution >= 0.6 is 11.3 Å². The highest BCUT2D eigenvalue weighted by atomic mass is 32.1. The smallest absolute Gasteiger partial charge is 0.260 e. The van der Waals surface area contributed by atoms with Crippen LogP contribution in [0.15, 0.2) is 29.2 Å². The molecule has 0 radical (unpaired) electrons. The molecule has 0 aromatic carbocycles. The van der Waals surface area contributed by atoms with Gasteiger partial charge in [-0.2, -0.15) is 0 Å². The molecule has 0 bridgehead atoms. The van der Waals surface area contributed by atoms with Crippen LogP contribution in [0.3, 0.4) is 0 Å². The molecule has 3 aromatic rings. The van der Waals surface area contributed by atoms with E-state index in [2.05, 4.69) is 21.9 Å². The second-order valence-electron chi connectivity index (χ2n) is 6.01. The normalized spacial score (nSPS) is 18.1. The molecule has 112 valence electrons. The predicted octanol–water partition coefficient (Wildman–Crippen LogP) is 3.56. The van der Waals surface area contributed by atoms with Crippen LogP contribution in [0.2, 0.25) is 0 Å². The minimum atomic E-state index is -0.0299. The molecule has 1 aliphatic carbocycles. The molecular weight excluding hydrogens is 294 g/mol. The minimum absolute atomic E-state index is 0.0299. The number of rotatable bonds is 1. The van der Waals surface area contributed by atoms with Crippen molar-refractivity contribution in [1.82, 2.24) is 15.0 Å². The molecule has 3 aromatic heterocycles. The van der Waals surface area contributed by atoms with E-state index in [0.717, 1.165) is 29.5 Å². The zero-order valence-electron chi connectivity index (χ0n) is 12.4. The molecule has 1 aliphatic rings. The standard InChI is InChI=1S/C17H17N3OS/c1-10-5-4-6-11-13(9-10)22-17-14(11)16(21)19-15(20-17)12-7-2-3-8-18-12/h2-3,7-8,10H,4-6,9H2,1H3,(H,19,20,21). The molecule has 5 heteroatoms. The molecule has 0 saturated carbocycles. The highest BCUT2D eigenvalue weighted by Crippen LogP contribution is 2.35. The fourth-order valence-corrected chi connectivity index (χ4v) is 4.59. The SMILES string of the molecule is CC1CCCc2c(sc3nc(-c4ccccn4)[nH]c(=O)c23)C1. The number of nitrogens with zero attached hydrogens (tertiary/aromatic N) is 2. The number of hydrogen-bond donors (Lipinski definition) is 1. The lowest BCUT2D eigenvalue weighted by Crippen LogP contribution is -2.10. The van der Waals surface area contributed by atoms with Gasteiger partial charge in [0.05, 0.1) is 5.39 Å². The summed E-state index contributed by atoms with van der Waals surface area (Å²) in [7, 11) is 0. The lowest BCUT2D eigenvalue weighted by Gasteiger charge is -2.04. The predicted molar refractivity (Wildman–Crippen MR) is 89.3 cm³/mol. The Morgan fingerprint density at radius 3 is 3.09 bits per heavy atom. The Labute approximate surface area is 132 Å². The van der Waals surface area contributed by atoms with Crippen molar-refractivity contribution in [3.8, 4) is 11.5 Å². The fraction of sp³-hybridized carbons (Fsp3) is 0.353. The lowest BCUT2D eigenvalue weighted by molar-refractivity contribution is 0.529. The van der Waals surface area contributed by atoms with Gasteiger partial charge in [-0.25, -0.2) is 4.98 Å². The molecule has 0 fully saturated rings. The summed E-state index contributed by atoms with van der Waals surface area (Å²) in [6.07, 6.45) is 6.16. The Balaban J connectivity index is 1.92. The van der Waals surface area contributed by atoms with E-state index in [1.165, 1.54) is 16.9 Å². The Morgan fingerprint density at radius 1 is 1.36 bits per heavy atom. The Hall–Kier alpha value is -2.01. The van der Waals surface area contributed by atoms with Crippen molar-refractivity contribution in [1.29, 1.82) is 0 Å². The summed E-state index contributed by atoms with van der Waals surface area (Å²) in [5.41, 5.74) is 1.90. The summed E-state index contributed by atoms with van der Waals surface area (Å²) in [6, 6.07) is 5.62. The largest absolute Gasteiger partial charge is 0.305 e. The van der Waals surface area contributed by atoms with Crippen LogP contribution in [0.4, 0.5) is 0 Å². The average Bonchev–Trinajstić information content (AvgIpc) is 2.76. The van der Waals surface area contributed by atoms with Gasteiger partial charge in [-0.3, -0.25) is 9.78 Å². The lowest BCUT2D eigenvalue weighted by atomic mass is 10.0. The third-order valence-corrected chi connectivity index (χ3v) is 5.46. The monoisotopic (exact) mass is 311 g/mol. The number of thiophene rings is 1. The highest BCUT2D eigenvalue weighted by Gasteiger charge is 2.21. The van der Waals surface area contributed by atoms with Gasteiger partial charge < -0.3 is 4.98 Å². The molecule has 1 unspecified atom stereocenters. The number of aromatic amines is 1. The van der Waals surface area contributed by atoms with Crippen LogP contribution in [-0.4, -0.2) is 15.0 Å². The zero-order chi connectivity index (χ0) is 15.1. The number of H-pyrrole nitrogens is 1. The van der Waals surface area contributed by atoms with E-state index in [1.54, 1.807) is 17.5 Å². The first kappa shape index (κ1) is 13.6. The number of hydrogen-bond acceptors (Lipinski definition) is 4. The first-order chi connectivity index (χ1) is 10.7. The number of pyridine rings is 1. The van der Waals surface area contributed by atoms with Gasteiger partial charge in [0.15, 0.2) is 5.82 Å². The number of aryl methyl sites for hydroxylation is 1. The van der Waals surface area contributed by atoms with Crippen molar-refractivity contribution in [2.45, 2.75) is 32.6 Å². The molecule has 0 aliphatic heterocycles. The van der Waals surface area contributed by atoms with Crippen LogP contribution in [0.5, 0.6) is 0 Å². The number of nitrogens with one attached hydrogen (secondary N) is 1. The zero-order valence-corrected chi connectivity index (χ0v) is 13.2. The van der Waals surface area contributed by atoms with Gasteiger partial charge >= 0.3 is 0 Å². The van der Waals surface area contributed by atoms with Gasteiger partial charge in [0.25, 0.3) is 5.56 Å². The molecule has 0 spiro atoms. The summed E-state index contributed by atoms with van der Waals surface area (Å²) < 4.78 is 0. The van der Waals surface area contributed by atoms with Gasteiger partial charge in [0.2, 0.25) is 0 Å². The van der Waals surface area contributed by atoms with Gasteiger partial charge in [-0.1, -0.05) is 19.4 Å². The summed E-state index contributed by atoms with van der Waals surface area (Å²) >= 11 is 1.68. The molecule has 1 atom stereocenters. The van der Waals surface area contributed by atoms with Crippen LogP contribution in [0.1, 0.15) is 30.2 Å². The minimum Gasteiger partial charge on any atom is -0.305 e. The molecule has 4 nitrogen and oxygen atoms in total. The van der Waals surface area contributed by atoms with Crippen LogP contribution in [0.25, 0.3) is 21.7 Å². The second-order valence-corrected chi connectivity index (χ2v) is 7.10. The van der Waals surface area contributed by atoms with Crippen molar-refractivity contribution in [3.05, 3.63) is 45.2 Å². The number of fused-ring (bicyclic) bond motifs is 3. The van der Waals surface area contributed by atoms with Gasteiger partial charge in [0, 0.05) is 11.1 Å². The first-order valence-corrected chi connectivity index (χ1v) is 8.50. The summed E-state index contributed by atoms with van der Waals surface area (Å²) in [6.45, 7) is 2.29. The van der Waals surface area contributed by atoms with Crippen molar-refractivity contribution < 1.29 is 0 Å². The molecule has 1 N–H and O–H groups in total. The van der Waals surface area contributed by atoms with Crippen molar-refractivity contribution in [2.75, 3.05) is 0 Å². The van der Waals surface area contributed by atoms with Crippen molar-refractivity contribution in [3.63, 3.8) is 0 Å². The van der Waals surface area contributed by atoms with E-state index in [4.69, 9.17) is 0 Å². The quantitative estimate of drug-likeness (QED) is 0.699. The molecular formula is C17H17N3OS. The number of aromatic nitrogens is 3. The maximum atomic E-state index is 12.6. The fourth-order valence-electron chi connectivity index (χ4n) is 3.21. The Bertz CT molecular complexity index is 882. The molecule has 3 heterocycles. The maximum absolute atomic E-state index is 12.6. The van der Waals surface area contributed by atoms with Gasteiger partial charge in [-0.15, -0.1) is 11.3 Å². The third kappa shape index (κ3) is 2.25. The molecule has 4 rings (SSSR count). The highest BCUT2D eigenvalue weighted by molar-refractivity contribution is 7.18. The molecule has 22 heavy (non-hydrogen) atoms. The van der Waals surface area contributed by atoms with Crippen LogP contribution < -0.4 is 5.56 Å². The van der Waals surface area contributed by atoms with E-state index in [1.807, 2.05) is 18.2 Å². The average molecular weight is 311 g/mol.